The van der Waals surface area contributed by atoms with Gasteiger partial charge in [0.1, 0.15) is 11.4 Å². The fourth-order valence-electron chi connectivity index (χ4n) is 3.35. The van der Waals surface area contributed by atoms with Gasteiger partial charge in [-0.05, 0) is 32.8 Å². The van der Waals surface area contributed by atoms with E-state index < -0.39 is 0 Å². The summed E-state index contributed by atoms with van der Waals surface area (Å²) in [5.74, 6) is 2.64. The zero-order valence-electron chi connectivity index (χ0n) is 12.6. The van der Waals surface area contributed by atoms with E-state index >= 15 is 0 Å². The van der Waals surface area contributed by atoms with Gasteiger partial charge in [0.05, 0.1) is 20.3 Å². The molecule has 1 aromatic carbocycles. The molecule has 2 heterocycles. The molecule has 0 unspecified atom stereocenters. The maximum Gasteiger partial charge on any atom is 0.164 e. The van der Waals surface area contributed by atoms with Crippen LogP contribution in [-0.4, -0.2) is 26.4 Å². The zero-order valence-corrected chi connectivity index (χ0v) is 12.6. The Morgan fingerprint density at radius 3 is 2.55 bits per heavy atom. The predicted molar refractivity (Wildman–Crippen MR) is 75.7 cm³/mol. The maximum absolute atomic E-state index is 6.22. The summed E-state index contributed by atoms with van der Waals surface area (Å²) in [7, 11) is 3.29. The quantitative estimate of drug-likeness (QED) is 0.831. The second kappa shape index (κ2) is 4.85. The lowest BCUT2D eigenvalue weighted by Gasteiger charge is -2.47. The van der Waals surface area contributed by atoms with E-state index in [4.69, 9.17) is 18.9 Å². The van der Waals surface area contributed by atoms with Crippen LogP contribution in [0.3, 0.4) is 0 Å². The van der Waals surface area contributed by atoms with Gasteiger partial charge in [-0.25, -0.2) is 0 Å². The molecule has 1 fully saturated rings. The average Bonchev–Trinajstić information content (AvgIpc) is 2.46. The van der Waals surface area contributed by atoms with Crippen molar-refractivity contribution >= 4 is 0 Å². The molecule has 2 aliphatic rings. The smallest absolute Gasteiger partial charge is 0.164 e. The number of hydrogen-bond acceptors (Lipinski definition) is 4. The monoisotopic (exact) mass is 278 g/mol. The molecule has 1 saturated heterocycles. The topological polar surface area (TPSA) is 36.9 Å². The Morgan fingerprint density at radius 2 is 1.85 bits per heavy atom. The Kier molecular flexibility index (Phi) is 3.28. The van der Waals surface area contributed by atoms with Gasteiger partial charge in [-0.2, -0.15) is 0 Å². The molecule has 4 nitrogen and oxygen atoms in total. The van der Waals surface area contributed by atoms with E-state index in [1.165, 1.54) is 0 Å². The molecule has 0 amide bonds. The molecule has 0 spiro atoms. The molecule has 1 aromatic rings. The summed E-state index contributed by atoms with van der Waals surface area (Å²) < 4.78 is 23.0. The van der Waals surface area contributed by atoms with Crippen LogP contribution in [0.25, 0.3) is 0 Å². The van der Waals surface area contributed by atoms with Gasteiger partial charge < -0.3 is 18.9 Å². The Labute approximate surface area is 120 Å². The fourth-order valence-corrected chi connectivity index (χ4v) is 3.35. The van der Waals surface area contributed by atoms with E-state index in [0.717, 1.165) is 36.5 Å². The van der Waals surface area contributed by atoms with E-state index in [1.807, 2.05) is 12.1 Å². The van der Waals surface area contributed by atoms with E-state index in [9.17, 15) is 0 Å². The van der Waals surface area contributed by atoms with Crippen LogP contribution >= 0.6 is 0 Å². The van der Waals surface area contributed by atoms with Crippen LogP contribution in [0.5, 0.6) is 17.2 Å². The lowest BCUT2D eigenvalue weighted by atomic mass is 9.76. The molecular formula is C16H22O4. The highest BCUT2D eigenvalue weighted by atomic mass is 16.5. The van der Waals surface area contributed by atoms with Crippen molar-refractivity contribution in [3.05, 3.63) is 17.7 Å². The molecule has 0 saturated carbocycles. The molecule has 0 N–H and O–H groups in total. The van der Waals surface area contributed by atoms with Crippen LogP contribution in [0, 0.1) is 5.92 Å². The summed E-state index contributed by atoms with van der Waals surface area (Å²) >= 11 is 0. The minimum Gasteiger partial charge on any atom is -0.493 e. The fraction of sp³-hybridized carbons (Fsp3) is 0.625. The average molecular weight is 278 g/mol. The van der Waals surface area contributed by atoms with Gasteiger partial charge in [0.15, 0.2) is 11.5 Å². The Bertz CT molecular complexity index is 509. The van der Waals surface area contributed by atoms with Gasteiger partial charge in [0.25, 0.3) is 0 Å². The van der Waals surface area contributed by atoms with Crippen molar-refractivity contribution in [2.24, 2.45) is 5.92 Å². The van der Waals surface area contributed by atoms with Gasteiger partial charge in [-0.1, -0.05) is 0 Å². The van der Waals surface area contributed by atoms with E-state index in [-0.39, 0.29) is 11.7 Å². The molecule has 0 bridgehead atoms. The van der Waals surface area contributed by atoms with Crippen molar-refractivity contribution in [3.63, 3.8) is 0 Å². The van der Waals surface area contributed by atoms with Crippen molar-refractivity contribution in [2.45, 2.75) is 38.4 Å². The molecular weight excluding hydrogens is 256 g/mol. The van der Waals surface area contributed by atoms with Crippen LogP contribution in [0.1, 0.15) is 38.4 Å². The highest BCUT2D eigenvalue weighted by Gasteiger charge is 2.46. The SMILES string of the molecule is COc1cc2c(cc1OC)[C@H]1OCCC[C@@H]1C(C)(C)O2. The van der Waals surface area contributed by atoms with Crippen LogP contribution in [0.15, 0.2) is 12.1 Å². The van der Waals surface area contributed by atoms with E-state index in [2.05, 4.69) is 13.8 Å². The lowest BCUT2D eigenvalue weighted by Crippen LogP contribution is -2.47. The summed E-state index contributed by atoms with van der Waals surface area (Å²) in [6.45, 7) is 5.09. The van der Waals surface area contributed by atoms with Crippen molar-refractivity contribution in [1.82, 2.24) is 0 Å². The predicted octanol–water partition coefficient (Wildman–Crippen LogP) is 3.34. The first-order valence-electron chi connectivity index (χ1n) is 7.13. The number of ether oxygens (including phenoxy) is 4. The van der Waals surface area contributed by atoms with Gasteiger partial charge in [-0.3, -0.25) is 0 Å². The summed E-state index contributed by atoms with van der Waals surface area (Å²) in [4.78, 5) is 0. The van der Waals surface area contributed by atoms with Crippen LogP contribution in [0.4, 0.5) is 0 Å². The number of rotatable bonds is 2. The normalized spacial score (nSPS) is 27.0. The highest BCUT2D eigenvalue weighted by molar-refractivity contribution is 5.53. The van der Waals surface area contributed by atoms with Crippen molar-refractivity contribution < 1.29 is 18.9 Å². The molecule has 2 atom stereocenters. The van der Waals surface area contributed by atoms with Gasteiger partial charge >= 0.3 is 0 Å². The summed E-state index contributed by atoms with van der Waals surface area (Å²) in [5, 5.41) is 0. The first kappa shape index (κ1) is 13.6. The summed E-state index contributed by atoms with van der Waals surface area (Å²) in [5.41, 5.74) is 0.851. The molecule has 2 aliphatic heterocycles. The van der Waals surface area contributed by atoms with Crippen molar-refractivity contribution in [3.8, 4) is 17.2 Å². The number of hydrogen-bond donors (Lipinski definition) is 0. The molecule has 110 valence electrons. The molecule has 0 aromatic heterocycles. The summed E-state index contributed by atoms with van der Waals surface area (Å²) in [6, 6.07) is 3.90. The number of benzene rings is 1. The van der Waals surface area contributed by atoms with E-state index in [1.54, 1.807) is 14.2 Å². The molecule has 0 aliphatic carbocycles. The second-order valence-corrected chi connectivity index (χ2v) is 5.99. The minimum atomic E-state index is -0.225. The Hall–Kier alpha value is -1.42. The highest BCUT2D eigenvalue weighted by Crippen LogP contribution is 2.51. The minimum absolute atomic E-state index is 0.0855. The largest absolute Gasteiger partial charge is 0.493 e. The van der Waals surface area contributed by atoms with Gasteiger partial charge in [0, 0.05) is 24.2 Å². The van der Waals surface area contributed by atoms with Gasteiger partial charge in [-0.15, -0.1) is 0 Å². The van der Waals surface area contributed by atoms with E-state index in [0.29, 0.717) is 11.7 Å². The molecule has 3 rings (SSSR count). The molecule has 4 heteroatoms. The first-order chi connectivity index (χ1) is 9.56. The molecule has 0 radical (unpaired) electrons. The number of methoxy groups -OCH3 is 2. The van der Waals surface area contributed by atoms with Crippen LogP contribution in [-0.2, 0) is 4.74 Å². The standard InChI is InChI=1S/C16H22O4/c1-16(2)11-6-5-7-19-15(11)10-8-13(17-3)14(18-4)9-12(10)20-16/h8-9,11,15H,5-7H2,1-4H3/t11-,15+/m0/s1. The lowest BCUT2D eigenvalue weighted by molar-refractivity contribution is -0.116. The molecule has 20 heavy (non-hydrogen) atoms. The second-order valence-electron chi connectivity index (χ2n) is 5.99. The van der Waals surface area contributed by atoms with Crippen molar-refractivity contribution in [2.75, 3.05) is 20.8 Å². The third-order valence-electron chi connectivity index (χ3n) is 4.41. The summed E-state index contributed by atoms with van der Waals surface area (Å²) in [6.07, 6.45) is 2.31. The third kappa shape index (κ3) is 2.03. The number of fused-ring (bicyclic) bond motifs is 3. The Balaban J connectivity index is 2.10. The van der Waals surface area contributed by atoms with Crippen LogP contribution < -0.4 is 14.2 Å². The Morgan fingerprint density at radius 1 is 1.15 bits per heavy atom. The van der Waals surface area contributed by atoms with Crippen LogP contribution in [0.2, 0.25) is 0 Å². The van der Waals surface area contributed by atoms with Gasteiger partial charge in [0.2, 0.25) is 0 Å². The zero-order chi connectivity index (χ0) is 14.3. The van der Waals surface area contributed by atoms with Crippen molar-refractivity contribution in [1.29, 1.82) is 0 Å². The first-order valence-corrected chi connectivity index (χ1v) is 7.13. The third-order valence-corrected chi connectivity index (χ3v) is 4.41. The maximum atomic E-state index is 6.22.